The van der Waals surface area contributed by atoms with Crippen LogP contribution in [0, 0.1) is 13.8 Å². The quantitative estimate of drug-likeness (QED) is 0.462. The van der Waals surface area contributed by atoms with E-state index in [-0.39, 0.29) is 11.8 Å². The molecular weight excluding hydrogens is 368 g/mol. The molecule has 0 aliphatic heterocycles. The molecule has 8 heteroatoms. The van der Waals surface area contributed by atoms with Crippen molar-refractivity contribution in [3.63, 3.8) is 0 Å². The zero-order chi connectivity index (χ0) is 18.7. The Morgan fingerprint density at radius 2 is 2.27 bits per heavy atom. The van der Waals surface area contributed by atoms with Gasteiger partial charge in [-0.2, -0.15) is 0 Å². The minimum Gasteiger partial charge on any atom is -0.383 e. The molecule has 1 N–H and O–H groups in total. The number of H-pyrrole nitrogens is 1. The van der Waals surface area contributed by atoms with E-state index in [0.717, 1.165) is 27.7 Å². The van der Waals surface area contributed by atoms with Gasteiger partial charge in [0.05, 0.1) is 23.3 Å². The standard InChI is InChI=1S/C18H22N4O2S2/c1-11-8-14(13(3)22(11)12(2)9-24-4)15(23)10-26-18-19-17(20-21-18)16-6-5-7-25-16/h5-8,12H,9-10H2,1-4H3,(H,19,20,21)/t12-/m0/s1. The van der Waals surface area contributed by atoms with Gasteiger partial charge in [-0.3, -0.25) is 9.89 Å². The number of aryl methyl sites for hydroxylation is 1. The van der Waals surface area contributed by atoms with Crippen LogP contribution in [0.25, 0.3) is 10.7 Å². The fraction of sp³-hybridized carbons (Fsp3) is 0.389. The van der Waals surface area contributed by atoms with Crippen molar-refractivity contribution in [1.29, 1.82) is 0 Å². The van der Waals surface area contributed by atoms with Crippen LogP contribution >= 0.6 is 23.1 Å². The Labute approximate surface area is 161 Å². The Balaban J connectivity index is 1.68. The number of hydrogen-bond donors (Lipinski definition) is 1. The monoisotopic (exact) mass is 390 g/mol. The normalized spacial score (nSPS) is 12.5. The van der Waals surface area contributed by atoms with Crippen molar-refractivity contribution in [2.24, 2.45) is 0 Å². The summed E-state index contributed by atoms with van der Waals surface area (Å²) in [4.78, 5) is 18.2. The molecule has 0 spiro atoms. The molecular formula is C18H22N4O2S2. The van der Waals surface area contributed by atoms with E-state index in [4.69, 9.17) is 4.74 Å². The Bertz CT molecular complexity index is 883. The zero-order valence-electron chi connectivity index (χ0n) is 15.3. The third-order valence-corrected chi connectivity index (χ3v) is 5.91. The molecule has 0 amide bonds. The molecule has 0 radical (unpaired) electrons. The molecule has 6 nitrogen and oxygen atoms in total. The Morgan fingerprint density at radius 3 is 2.96 bits per heavy atom. The first kappa shape index (κ1) is 18.9. The highest BCUT2D eigenvalue weighted by Gasteiger charge is 2.19. The highest BCUT2D eigenvalue weighted by molar-refractivity contribution is 7.99. The van der Waals surface area contributed by atoms with E-state index in [0.29, 0.717) is 17.5 Å². The van der Waals surface area contributed by atoms with Crippen LogP contribution in [0.4, 0.5) is 0 Å². The van der Waals surface area contributed by atoms with Gasteiger partial charge in [0.25, 0.3) is 0 Å². The van der Waals surface area contributed by atoms with Crippen molar-refractivity contribution in [2.75, 3.05) is 19.5 Å². The molecule has 3 rings (SSSR count). The average Bonchev–Trinajstić information content (AvgIpc) is 3.32. The summed E-state index contributed by atoms with van der Waals surface area (Å²) in [6.45, 7) is 6.71. The number of Topliss-reactive ketones (excluding diaryl/α,β-unsaturated/α-hetero) is 1. The molecule has 0 bridgehead atoms. The van der Waals surface area contributed by atoms with Crippen LogP contribution in [0.1, 0.15) is 34.7 Å². The second kappa shape index (κ2) is 8.20. The molecule has 26 heavy (non-hydrogen) atoms. The fourth-order valence-corrected chi connectivity index (χ4v) is 4.44. The predicted molar refractivity (Wildman–Crippen MR) is 105 cm³/mol. The molecule has 3 aromatic heterocycles. The van der Waals surface area contributed by atoms with Crippen molar-refractivity contribution >= 4 is 28.9 Å². The molecule has 0 aromatic carbocycles. The number of hydrogen-bond acceptors (Lipinski definition) is 6. The maximum Gasteiger partial charge on any atom is 0.209 e. The highest BCUT2D eigenvalue weighted by Crippen LogP contribution is 2.25. The van der Waals surface area contributed by atoms with Gasteiger partial charge in [-0.05, 0) is 38.3 Å². The lowest BCUT2D eigenvalue weighted by atomic mass is 10.2. The predicted octanol–water partition coefficient (Wildman–Crippen LogP) is 4.13. The lowest BCUT2D eigenvalue weighted by molar-refractivity contribution is 0.102. The third-order valence-electron chi connectivity index (χ3n) is 4.19. The number of methoxy groups -OCH3 is 1. The number of nitrogens with one attached hydrogen (secondary N) is 1. The largest absolute Gasteiger partial charge is 0.383 e. The average molecular weight is 391 g/mol. The number of thioether (sulfide) groups is 1. The van der Waals surface area contributed by atoms with Crippen molar-refractivity contribution in [2.45, 2.75) is 32.0 Å². The van der Waals surface area contributed by atoms with Crippen molar-refractivity contribution in [3.8, 4) is 10.7 Å². The molecule has 0 fully saturated rings. The van der Waals surface area contributed by atoms with E-state index in [9.17, 15) is 4.79 Å². The fourth-order valence-electron chi connectivity index (χ4n) is 3.10. The second-order valence-electron chi connectivity index (χ2n) is 6.11. The van der Waals surface area contributed by atoms with Gasteiger partial charge >= 0.3 is 0 Å². The summed E-state index contributed by atoms with van der Waals surface area (Å²) in [5, 5.41) is 9.70. The SMILES string of the molecule is COC[C@H](C)n1c(C)cc(C(=O)CSc2n[nH]c(-c3cccs3)n2)c1C. The molecule has 1 atom stereocenters. The summed E-state index contributed by atoms with van der Waals surface area (Å²) >= 11 is 2.95. The number of carbonyl (C=O) groups excluding carboxylic acids is 1. The van der Waals surface area contributed by atoms with Crippen LogP contribution in [0.15, 0.2) is 28.7 Å². The van der Waals surface area contributed by atoms with Crippen molar-refractivity contribution in [3.05, 3.63) is 40.5 Å². The number of nitrogens with zero attached hydrogens (tertiary/aromatic N) is 3. The summed E-state index contributed by atoms with van der Waals surface area (Å²) in [6, 6.07) is 6.11. The van der Waals surface area contributed by atoms with Crippen LogP contribution in [0.5, 0.6) is 0 Å². The van der Waals surface area contributed by atoms with Gasteiger partial charge in [0.15, 0.2) is 11.6 Å². The van der Waals surface area contributed by atoms with E-state index in [1.54, 1.807) is 18.4 Å². The summed E-state index contributed by atoms with van der Waals surface area (Å²) in [5.41, 5.74) is 2.80. The van der Waals surface area contributed by atoms with E-state index < -0.39 is 0 Å². The summed E-state index contributed by atoms with van der Waals surface area (Å²) < 4.78 is 7.40. The molecule has 0 saturated heterocycles. The number of ketones is 1. The minimum absolute atomic E-state index is 0.0847. The Morgan fingerprint density at radius 1 is 1.46 bits per heavy atom. The van der Waals surface area contributed by atoms with Gasteiger partial charge in [-0.1, -0.05) is 17.8 Å². The lowest BCUT2D eigenvalue weighted by Crippen LogP contribution is -2.14. The number of aromatic amines is 1. The lowest BCUT2D eigenvalue weighted by Gasteiger charge is -2.17. The van der Waals surface area contributed by atoms with E-state index in [1.165, 1.54) is 11.8 Å². The smallest absolute Gasteiger partial charge is 0.209 e. The van der Waals surface area contributed by atoms with Crippen LogP contribution < -0.4 is 0 Å². The van der Waals surface area contributed by atoms with Gasteiger partial charge in [0.1, 0.15) is 0 Å². The maximum absolute atomic E-state index is 12.7. The molecule has 0 aliphatic carbocycles. The highest BCUT2D eigenvalue weighted by atomic mass is 32.2. The summed E-state index contributed by atoms with van der Waals surface area (Å²) in [6.07, 6.45) is 0. The molecule has 0 aliphatic rings. The summed E-state index contributed by atoms with van der Waals surface area (Å²) in [7, 11) is 1.69. The maximum atomic E-state index is 12.7. The Hall–Kier alpha value is -1.90. The van der Waals surface area contributed by atoms with Gasteiger partial charge in [-0.25, -0.2) is 4.98 Å². The van der Waals surface area contributed by atoms with Gasteiger partial charge < -0.3 is 9.30 Å². The Kier molecular flexibility index (Phi) is 5.95. The van der Waals surface area contributed by atoms with Crippen molar-refractivity contribution in [1.82, 2.24) is 19.7 Å². The van der Waals surface area contributed by atoms with Gasteiger partial charge in [0, 0.05) is 24.1 Å². The molecule has 3 aromatic rings. The molecule has 0 saturated carbocycles. The van der Waals surface area contributed by atoms with Crippen LogP contribution in [-0.2, 0) is 4.74 Å². The van der Waals surface area contributed by atoms with Gasteiger partial charge in [-0.15, -0.1) is 16.4 Å². The van der Waals surface area contributed by atoms with E-state index in [2.05, 4.69) is 26.7 Å². The van der Waals surface area contributed by atoms with Crippen molar-refractivity contribution < 1.29 is 9.53 Å². The topological polar surface area (TPSA) is 72.8 Å². The van der Waals surface area contributed by atoms with Crippen LogP contribution in [-0.4, -0.2) is 45.0 Å². The number of ether oxygens (including phenoxy) is 1. The number of thiophene rings is 1. The van der Waals surface area contributed by atoms with Crippen LogP contribution in [0.2, 0.25) is 0 Å². The number of carbonyl (C=O) groups is 1. The molecule has 0 unspecified atom stereocenters. The third kappa shape index (κ3) is 3.92. The van der Waals surface area contributed by atoms with E-state index >= 15 is 0 Å². The molecule has 3 heterocycles. The first-order valence-corrected chi connectivity index (χ1v) is 10.2. The van der Waals surface area contributed by atoms with Crippen LogP contribution in [0.3, 0.4) is 0 Å². The molecule has 138 valence electrons. The number of aromatic nitrogens is 4. The summed E-state index contributed by atoms with van der Waals surface area (Å²) in [5.74, 6) is 1.13. The second-order valence-corrected chi connectivity index (χ2v) is 8.01. The van der Waals surface area contributed by atoms with Gasteiger partial charge in [0.2, 0.25) is 5.16 Å². The number of rotatable bonds is 8. The zero-order valence-corrected chi connectivity index (χ0v) is 16.9. The first-order valence-electron chi connectivity index (χ1n) is 8.31. The minimum atomic E-state index is 0.0847. The first-order chi connectivity index (χ1) is 12.5. The van der Waals surface area contributed by atoms with E-state index in [1.807, 2.05) is 37.4 Å².